The van der Waals surface area contributed by atoms with Crippen molar-refractivity contribution in [2.45, 2.75) is 394 Å². The van der Waals surface area contributed by atoms with Crippen LogP contribution in [-0.4, -0.2) is 96.7 Å². The van der Waals surface area contributed by atoms with Gasteiger partial charge in [-0.25, -0.2) is 9.13 Å². The minimum absolute atomic E-state index is 0.0840. The predicted molar refractivity (Wildman–Crippen MR) is 395 cm³/mol. The number of hydrogen-bond acceptors (Lipinski definition) is 15. The highest BCUT2D eigenvalue weighted by atomic mass is 31.2. The third-order valence-electron chi connectivity index (χ3n) is 17.5. The molecule has 0 fully saturated rings. The van der Waals surface area contributed by atoms with E-state index in [2.05, 4.69) is 72.8 Å². The molecule has 0 aromatic rings. The van der Waals surface area contributed by atoms with E-state index < -0.39 is 97.5 Å². The molecule has 0 aromatic carbocycles. The van der Waals surface area contributed by atoms with Gasteiger partial charge in [0.2, 0.25) is 0 Å². The van der Waals surface area contributed by atoms with Gasteiger partial charge in [0.1, 0.15) is 19.3 Å². The molecule has 3 unspecified atom stereocenters. The van der Waals surface area contributed by atoms with Crippen molar-refractivity contribution in [3.8, 4) is 0 Å². The average Bonchev–Trinajstić information content (AvgIpc) is 2.87. The van der Waals surface area contributed by atoms with E-state index in [1.165, 1.54) is 167 Å². The Hall–Kier alpha value is -2.46. The summed E-state index contributed by atoms with van der Waals surface area (Å²) in [5, 5.41) is 10.6. The van der Waals surface area contributed by atoms with Gasteiger partial charge in [0.15, 0.2) is 12.2 Å². The third-order valence-corrected chi connectivity index (χ3v) is 19.4. The van der Waals surface area contributed by atoms with Gasteiger partial charge in [-0.05, 0) is 69.1 Å². The van der Waals surface area contributed by atoms with Crippen molar-refractivity contribution < 1.29 is 80.2 Å². The number of aliphatic hydroxyl groups excluding tert-OH is 1. The zero-order valence-corrected chi connectivity index (χ0v) is 64.8. The second kappa shape index (κ2) is 68.0. The first-order chi connectivity index (χ1) is 46.7. The van der Waals surface area contributed by atoms with Crippen LogP contribution in [-0.2, 0) is 65.4 Å². The molecular formula is C78H148O17P2. The summed E-state index contributed by atoms with van der Waals surface area (Å²) in [5.74, 6) is 0.129. The van der Waals surface area contributed by atoms with Gasteiger partial charge < -0.3 is 33.8 Å². The molecule has 0 radical (unpaired) electrons. The molecule has 0 spiro atoms. The van der Waals surface area contributed by atoms with Crippen LogP contribution in [0.2, 0.25) is 0 Å². The topological polar surface area (TPSA) is 237 Å². The van der Waals surface area contributed by atoms with Crippen molar-refractivity contribution in [1.29, 1.82) is 0 Å². The number of carbonyl (C=O) groups excluding carboxylic acids is 4. The molecule has 0 rings (SSSR count). The minimum Gasteiger partial charge on any atom is -0.462 e. The number of allylic oxidation sites excluding steroid dienone is 4. The molecule has 572 valence electrons. The highest BCUT2D eigenvalue weighted by Gasteiger charge is 2.30. The van der Waals surface area contributed by atoms with Gasteiger partial charge in [-0.1, -0.05) is 323 Å². The fourth-order valence-electron chi connectivity index (χ4n) is 11.4. The van der Waals surface area contributed by atoms with E-state index in [0.29, 0.717) is 31.6 Å². The predicted octanol–water partition coefficient (Wildman–Crippen LogP) is 22.5. The van der Waals surface area contributed by atoms with Gasteiger partial charge >= 0.3 is 39.5 Å². The van der Waals surface area contributed by atoms with Gasteiger partial charge in [-0.3, -0.25) is 37.3 Å². The number of ether oxygens (including phenoxy) is 4. The molecule has 97 heavy (non-hydrogen) atoms. The Morgan fingerprint density at radius 1 is 0.320 bits per heavy atom. The van der Waals surface area contributed by atoms with Gasteiger partial charge in [-0.2, -0.15) is 0 Å². The number of esters is 4. The Morgan fingerprint density at radius 3 is 0.835 bits per heavy atom. The number of aliphatic hydroxyl groups is 1. The molecule has 17 nitrogen and oxygen atoms in total. The second-order valence-electron chi connectivity index (χ2n) is 28.8. The quantitative estimate of drug-likeness (QED) is 0.0169. The second-order valence-corrected chi connectivity index (χ2v) is 31.7. The van der Waals surface area contributed by atoms with Crippen molar-refractivity contribution in [3.63, 3.8) is 0 Å². The summed E-state index contributed by atoms with van der Waals surface area (Å²) >= 11 is 0. The van der Waals surface area contributed by atoms with Crippen LogP contribution in [0.15, 0.2) is 24.3 Å². The van der Waals surface area contributed by atoms with E-state index in [-0.39, 0.29) is 25.7 Å². The summed E-state index contributed by atoms with van der Waals surface area (Å²) < 4.78 is 68.5. The normalized spacial score (nSPS) is 14.2. The van der Waals surface area contributed by atoms with E-state index in [4.69, 9.17) is 37.0 Å². The summed E-state index contributed by atoms with van der Waals surface area (Å²) in [4.78, 5) is 72.9. The van der Waals surface area contributed by atoms with Crippen LogP contribution in [0.4, 0.5) is 0 Å². The van der Waals surface area contributed by atoms with Crippen molar-refractivity contribution in [1.82, 2.24) is 0 Å². The molecule has 5 atom stereocenters. The number of rotatable bonds is 74. The Balaban J connectivity index is 5.28. The molecule has 19 heteroatoms. The summed E-state index contributed by atoms with van der Waals surface area (Å²) in [6.07, 6.45) is 57.7. The largest absolute Gasteiger partial charge is 0.472 e. The fourth-order valence-corrected chi connectivity index (χ4v) is 13.0. The average molecular weight is 1420 g/mol. The van der Waals surface area contributed by atoms with Crippen LogP contribution in [0.3, 0.4) is 0 Å². The summed E-state index contributed by atoms with van der Waals surface area (Å²) in [5.41, 5.74) is 0. The molecule has 0 aliphatic carbocycles. The molecule has 0 saturated carbocycles. The van der Waals surface area contributed by atoms with E-state index in [0.717, 1.165) is 121 Å². The maximum Gasteiger partial charge on any atom is 0.472 e. The first-order valence-electron chi connectivity index (χ1n) is 39.7. The summed E-state index contributed by atoms with van der Waals surface area (Å²) in [6.45, 7) is 11.8. The van der Waals surface area contributed by atoms with E-state index in [1.54, 1.807) is 0 Å². The Labute approximate surface area is 592 Å². The van der Waals surface area contributed by atoms with Gasteiger partial charge in [0.25, 0.3) is 0 Å². The van der Waals surface area contributed by atoms with Gasteiger partial charge in [0, 0.05) is 25.7 Å². The lowest BCUT2D eigenvalue weighted by molar-refractivity contribution is -0.161. The maximum atomic E-state index is 13.1. The maximum absolute atomic E-state index is 13.1. The number of carbonyl (C=O) groups is 4. The monoisotopic (exact) mass is 1420 g/mol. The number of phosphoric acid groups is 2. The molecule has 0 amide bonds. The Morgan fingerprint density at radius 2 is 0.557 bits per heavy atom. The van der Waals surface area contributed by atoms with E-state index in [9.17, 15) is 43.2 Å². The molecule has 0 aromatic heterocycles. The third kappa shape index (κ3) is 71.7. The van der Waals surface area contributed by atoms with Crippen molar-refractivity contribution in [2.24, 2.45) is 17.8 Å². The van der Waals surface area contributed by atoms with Crippen LogP contribution in [0, 0.1) is 17.8 Å². The zero-order valence-electron chi connectivity index (χ0n) is 63.0. The zero-order chi connectivity index (χ0) is 71.6. The molecule has 0 bridgehead atoms. The van der Waals surface area contributed by atoms with Gasteiger partial charge in [-0.15, -0.1) is 0 Å². The van der Waals surface area contributed by atoms with Crippen LogP contribution in [0.1, 0.15) is 376 Å². The Kier molecular flexibility index (Phi) is 66.3. The number of unbranched alkanes of at least 4 members (excludes halogenated alkanes) is 39. The molecule has 0 saturated heterocycles. The van der Waals surface area contributed by atoms with Crippen molar-refractivity contribution in [3.05, 3.63) is 24.3 Å². The lowest BCUT2D eigenvalue weighted by Gasteiger charge is -2.21. The smallest absolute Gasteiger partial charge is 0.462 e. The van der Waals surface area contributed by atoms with Crippen LogP contribution in [0.25, 0.3) is 0 Å². The van der Waals surface area contributed by atoms with Crippen molar-refractivity contribution >= 4 is 39.5 Å². The first-order valence-corrected chi connectivity index (χ1v) is 42.7. The van der Waals surface area contributed by atoms with Crippen LogP contribution < -0.4 is 0 Å². The lowest BCUT2D eigenvalue weighted by atomic mass is 10.0. The summed E-state index contributed by atoms with van der Waals surface area (Å²) in [6, 6.07) is 0. The molecule has 0 aliphatic rings. The number of hydrogen-bond donors (Lipinski definition) is 3. The van der Waals surface area contributed by atoms with Crippen LogP contribution >= 0.6 is 15.6 Å². The lowest BCUT2D eigenvalue weighted by Crippen LogP contribution is -2.30. The first kappa shape index (κ1) is 94.5. The fraction of sp³-hybridized carbons (Fsp3) is 0.897. The standard InChI is InChI=1S/C78H148O17P2/c1-8-9-10-11-12-13-14-15-16-21-27-32-39-47-54-61-77(82)95-74(66-89-76(81)60-53-46-41-34-37-44-51-58-71(6)7)68-93-97(86,87)91-64-72(79)63-90-96(84,85)92-67-73(94-78(83)62-55-48-40-33-28-23-22-25-30-36-43-50-57-70(4)5)65-88-75(80)59-52-45-38-31-26-20-18-17-19-24-29-35-42-49-56-69(2)3/h13-16,69-74,79H,8-12,17-68H2,1-7H3,(H,84,85)(H,86,87)/b14-13-,16-15-/t72?,73-,74-/m1/s1. The summed E-state index contributed by atoms with van der Waals surface area (Å²) in [7, 11) is -9.93. The van der Waals surface area contributed by atoms with Crippen molar-refractivity contribution in [2.75, 3.05) is 39.6 Å². The molecular weight excluding hydrogens is 1270 g/mol. The molecule has 0 aliphatic heterocycles. The SMILES string of the molecule is CCCCCC/C=C\C=C/CCCCCCCC(=O)O[C@H](COC(=O)CCCCCCCCCC(C)C)COP(=O)(O)OCC(O)COP(=O)(O)OC[C@@H](COC(=O)CCCCCCCCCCCCCCCCC(C)C)OC(=O)CCCCCCCCCCCCCCC(C)C. The highest BCUT2D eigenvalue weighted by Crippen LogP contribution is 2.45. The number of phosphoric ester groups is 2. The molecule has 3 N–H and O–H groups in total. The van der Waals surface area contributed by atoms with Crippen LogP contribution in [0.5, 0.6) is 0 Å². The van der Waals surface area contributed by atoms with E-state index >= 15 is 0 Å². The van der Waals surface area contributed by atoms with E-state index in [1.807, 2.05) is 0 Å². The Bertz CT molecular complexity index is 1980. The molecule has 0 heterocycles. The minimum atomic E-state index is -4.96. The van der Waals surface area contributed by atoms with Gasteiger partial charge in [0.05, 0.1) is 26.4 Å². The highest BCUT2D eigenvalue weighted by molar-refractivity contribution is 7.47.